The Morgan fingerprint density at radius 2 is 1.88 bits per heavy atom. The summed E-state index contributed by atoms with van der Waals surface area (Å²) in [6.45, 7) is 5.66. The Morgan fingerprint density at radius 1 is 1.04 bits per heavy atom. The fourth-order valence-electron chi connectivity index (χ4n) is 3.13. The van der Waals surface area contributed by atoms with Crippen LogP contribution in [0.3, 0.4) is 0 Å². The molecule has 1 heterocycles. The van der Waals surface area contributed by atoms with E-state index in [4.69, 9.17) is 14.2 Å². The third-order valence-electron chi connectivity index (χ3n) is 4.41. The van der Waals surface area contributed by atoms with Crippen LogP contribution in [0, 0.1) is 6.92 Å². The van der Waals surface area contributed by atoms with Crippen LogP contribution in [0.5, 0.6) is 17.2 Å². The van der Waals surface area contributed by atoms with E-state index in [2.05, 4.69) is 37.4 Å². The molecule has 0 atom stereocenters. The van der Waals surface area contributed by atoms with Crippen LogP contribution in [0.2, 0.25) is 0 Å². The van der Waals surface area contributed by atoms with Crippen LogP contribution in [0.4, 0.5) is 5.69 Å². The molecule has 25 heavy (non-hydrogen) atoms. The average Bonchev–Trinajstić information content (AvgIpc) is 2.66. The van der Waals surface area contributed by atoms with Gasteiger partial charge in [-0.15, -0.1) is 0 Å². The summed E-state index contributed by atoms with van der Waals surface area (Å²) in [4.78, 5) is 0. The Kier molecular flexibility index (Phi) is 5.17. The van der Waals surface area contributed by atoms with Gasteiger partial charge in [0.05, 0.1) is 26.5 Å². The number of fused-ring (bicyclic) bond motifs is 1. The quantitative estimate of drug-likeness (QED) is 0.823. The molecule has 3 rings (SSSR count). The molecular formula is C21H25NO3. The molecule has 4 nitrogen and oxygen atoms in total. The number of hydrogen-bond acceptors (Lipinski definition) is 4. The van der Waals surface area contributed by atoms with E-state index in [0.29, 0.717) is 6.54 Å². The van der Waals surface area contributed by atoms with Crippen molar-refractivity contribution in [1.29, 1.82) is 0 Å². The fraction of sp³-hybridized carbons (Fsp3) is 0.333. The monoisotopic (exact) mass is 339 g/mol. The van der Waals surface area contributed by atoms with Gasteiger partial charge >= 0.3 is 0 Å². The molecule has 0 aromatic heterocycles. The summed E-state index contributed by atoms with van der Waals surface area (Å²) in [5.74, 6) is 2.41. The molecule has 2 aromatic rings. The standard InChI is InChI=1S/C21H25NO3/c1-5-11-25-18-10-9-14(2)17-12-15(13-22-20(17)18)16-7-6-8-19(23-3)21(16)24-4/h6-10,12,22H,5,11,13H2,1-4H3. The van der Waals surface area contributed by atoms with Gasteiger partial charge in [0, 0.05) is 17.7 Å². The molecule has 0 radical (unpaired) electrons. The first-order chi connectivity index (χ1) is 12.2. The topological polar surface area (TPSA) is 39.7 Å². The molecule has 0 amide bonds. The molecule has 0 bridgehead atoms. The third kappa shape index (κ3) is 3.29. The SMILES string of the molecule is CCCOc1ccc(C)c2c1NCC(c1cccc(OC)c1OC)=C2. The first-order valence-electron chi connectivity index (χ1n) is 8.61. The largest absolute Gasteiger partial charge is 0.493 e. The van der Waals surface area contributed by atoms with E-state index in [-0.39, 0.29) is 0 Å². The van der Waals surface area contributed by atoms with Gasteiger partial charge in [0.25, 0.3) is 0 Å². The second-order valence-corrected chi connectivity index (χ2v) is 6.08. The Balaban J connectivity index is 2.06. The zero-order valence-corrected chi connectivity index (χ0v) is 15.3. The summed E-state index contributed by atoms with van der Waals surface area (Å²) in [5, 5.41) is 3.53. The molecule has 0 saturated heterocycles. The van der Waals surface area contributed by atoms with Crippen molar-refractivity contribution in [3.63, 3.8) is 0 Å². The van der Waals surface area contributed by atoms with Gasteiger partial charge in [0.2, 0.25) is 0 Å². The maximum atomic E-state index is 5.89. The van der Waals surface area contributed by atoms with Crippen LogP contribution < -0.4 is 19.5 Å². The van der Waals surface area contributed by atoms with Crippen LogP contribution in [0.25, 0.3) is 11.6 Å². The van der Waals surface area contributed by atoms with Crippen molar-refractivity contribution in [3.05, 3.63) is 47.0 Å². The van der Waals surface area contributed by atoms with Crippen LogP contribution in [0.1, 0.15) is 30.0 Å². The highest BCUT2D eigenvalue weighted by molar-refractivity contribution is 5.94. The minimum absolute atomic E-state index is 0.711. The van der Waals surface area contributed by atoms with E-state index >= 15 is 0 Å². The molecule has 4 heteroatoms. The van der Waals surface area contributed by atoms with Crippen LogP contribution in [-0.4, -0.2) is 27.4 Å². The van der Waals surface area contributed by atoms with Crippen molar-refractivity contribution in [1.82, 2.24) is 0 Å². The molecule has 1 aliphatic heterocycles. The average molecular weight is 339 g/mol. The van der Waals surface area contributed by atoms with Crippen LogP contribution >= 0.6 is 0 Å². The van der Waals surface area contributed by atoms with Gasteiger partial charge in [-0.3, -0.25) is 0 Å². The van der Waals surface area contributed by atoms with Crippen molar-refractivity contribution in [2.75, 3.05) is 32.7 Å². The summed E-state index contributed by atoms with van der Waals surface area (Å²) >= 11 is 0. The highest BCUT2D eigenvalue weighted by Gasteiger charge is 2.20. The lowest BCUT2D eigenvalue weighted by atomic mass is 9.94. The molecule has 0 aliphatic carbocycles. The predicted octanol–water partition coefficient (Wildman–Crippen LogP) is 4.77. The number of rotatable bonds is 6. The van der Waals surface area contributed by atoms with E-state index < -0.39 is 0 Å². The third-order valence-corrected chi connectivity index (χ3v) is 4.41. The smallest absolute Gasteiger partial charge is 0.168 e. The van der Waals surface area contributed by atoms with Crippen molar-refractivity contribution >= 4 is 17.3 Å². The summed E-state index contributed by atoms with van der Waals surface area (Å²) in [5.41, 5.74) is 5.66. The first-order valence-corrected chi connectivity index (χ1v) is 8.61. The highest BCUT2D eigenvalue weighted by atomic mass is 16.5. The van der Waals surface area contributed by atoms with Crippen LogP contribution in [0.15, 0.2) is 30.3 Å². The molecule has 132 valence electrons. The van der Waals surface area contributed by atoms with E-state index in [1.807, 2.05) is 18.2 Å². The summed E-state index contributed by atoms with van der Waals surface area (Å²) < 4.78 is 16.9. The first kappa shape index (κ1) is 17.2. The van der Waals surface area contributed by atoms with Gasteiger partial charge in [-0.25, -0.2) is 0 Å². The van der Waals surface area contributed by atoms with Gasteiger partial charge in [-0.2, -0.15) is 0 Å². The highest BCUT2D eigenvalue weighted by Crippen LogP contribution is 2.41. The number of para-hydroxylation sites is 1. The van der Waals surface area contributed by atoms with Crippen molar-refractivity contribution in [2.45, 2.75) is 20.3 Å². The number of nitrogens with one attached hydrogen (secondary N) is 1. The molecule has 1 aliphatic rings. The lowest BCUT2D eigenvalue weighted by Crippen LogP contribution is -2.13. The lowest BCUT2D eigenvalue weighted by Gasteiger charge is -2.24. The molecule has 2 aromatic carbocycles. The van der Waals surface area contributed by atoms with Gasteiger partial charge in [0.1, 0.15) is 5.75 Å². The number of ether oxygens (including phenoxy) is 3. The van der Waals surface area contributed by atoms with Gasteiger partial charge < -0.3 is 19.5 Å². The second-order valence-electron chi connectivity index (χ2n) is 6.08. The van der Waals surface area contributed by atoms with E-state index in [0.717, 1.165) is 41.5 Å². The number of aryl methyl sites for hydroxylation is 1. The van der Waals surface area contributed by atoms with Crippen LogP contribution in [-0.2, 0) is 0 Å². The number of hydrogen-bond donors (Lipinski definition) is 1. The fourth-order valence-corrected chi connectivity index (χ4v) is 3.13. The normalized spacial score (nSPS) is 12.7. The summed E-state index contributed by atoms with van der Waals surface area (Å²) in [6, 6.07) is 10.1. The summed E-state index contributed by atoms with van der Waals surface area (Å²) in [6.07, 6.45) is 3.21. The van der Waals surface area contributed by atoms with E-state index in [1.54, 1.807) is 14.2 Å². The molecule has 0 unspecified atom stereocenters. The maximum Gasteiger partial charge on any atom is 0.168 e. The second kappa shape index (κ2) is 7.51. The molecule has 1 N–H and O–H groups in total. The van der Waals surface area contributed by atoms with Crippen molar-refractivity contribution < 1.29 is 14.2 Å². The Labute approximate surface area is 149 Å². The Morgan fingerprint density at radius 3 is 2.60 bits per heavy atom. The summed E-state index contributed by atoms with van der Waals surface area (Å²) in [7, 11) is 3.33. The minimum atomic E-state index is 0.711. The van der Waals surface area contributed by atoms with Gasteiger partial charge in [-0.1, -0.05) is 25.1 Å². The van der Waals surface area contributed by atoms with E-state index in [1.165, 1.54) is 16.7 Å². The molecular weight excluding hydrogens is 314 g/mol. The van der Waals surface area contributed by atoms with Gasteiger partial charge in [0.15, 0.2) is 11.5 Å². The zero-order chi connectivity index (χ0) is 17.8. The molecule has 0 saturated carbocycles. The van der Waals surface area contributed by atoms with Crippen molar-refractivity contribution in [3.8, 4) is 17.2 Å². The maximum absolute atomic E-state index is 5.89. The van der Waals surface area contributed by atoms with Gasteiger partial charge in [-0.05, 0) is 42.7 Å². The minimum Gasteiger partial charge on any atom is -0.493 e. The zero-order valence-electron chi connectivity index (χ0n) is 15.3. The number of methoxy groups -OCH3 is 2. The number of anilines is 1. The van der Waals surface area contributed by atoms with Crippen molar-refractivity contribution in [2.24, 2.45) is 0 Å². The number of benzene rings is 2. The Bertz CT molecular complexity index is 796. The lowest BCUT2D eigenvalue weighted by molar-refractivity contribution is 0.319. The molecule has 0 spiro atoms. The molecule has 0 fully saturated rings. The predicted molar refractivity (Wildman–Crippen MR) is 103 cm³/mol. The van der Waals surface area contributed by atoms with E-state index in [9.17, 15) is 0 Å². The Hall–Kier alpha value is -2.62.